The van der Waals surface area contributed by atoms with E-state index in [1.165, 1.54) is 19.6 Å². The zero-order valence-electron chi connectivity index (χ0n) is 24.9. The van der Waals surface area contributed by atoms with Crippen molar-refractivity contribution in [1.29, 1.82) is 0 Å². The van der Waals surface area contributed by atoms with Crippen molar-refractivity contribution < 1.29 is 54.5 Å². The highest BCUT2D eigenvalue weighted by molar-refractivity contribution is 7.94. The third-order valence-electron chi connectivity index (χ3n) is 6.65. The van der Waals surface area contributed by atoms with Gasteiger partial charge < -0.3 is 14.2 Å². The van der Waals surface area contributed by atoms with Crippen molar-refractivity contribution in [3.8, 4) is 0 Å². The number of methoxy groups -OCH3 is 1. The molecule has 0 aliphatic carbocycles. The van der Waals surface area contributed by atoms with Gasteiger partial charge in [-0.15, -0.1) is 0 Å². The van der Waals surface area contributed by atoms with E-state index in [4.69, 9.17) is 9.47 Å². The number of carbonyl (C=O) groups is 2. The molecule has 0 amide bonds. The smallest absolute Gasteiger partial charge is 0.460 e. The van der Waals surface area contributed by atoms with E-state index in [1.54, 1.807) is 91.0 Å². The third kappa shape index (κ3) is 7.22. The SMILES string of the molecule is CCOC(=O)C(/C(=C/C(=O)OC)C(F)(F)C(F)(F)C(F)(F)F)=C(/C=P(c1ccccc1)(c1ccccc1)c1ccccc1)OCC. The van der Waals surface area contributed by atoms with Crippen molar-refractivity contribution in [2.75, 3.05) is 20.3 Å². The summed E-state index contributed by atoms with van der Waals surface area (Å²) in [5, 5.41) is 1.75. The van der Waals surface area contributed by atoms with Crippen LogP contribution in [0.4, 0.5) is 30.7 Å². The van der Waals surface area contributed by atoms with Gasteiger partial charge >= 0.3 is 30.0 Å². The highest BCUT2D eigenvalue weighted by atomic mass is 31.2. The first kappa shape index (κ1) is 36.2. The Balaban J connectivity index is 2.72. The summed E-state index contributed by atoms with van der Waals surface area (Å²) in [6.45, 7) is -1.48. The van der Waals surface area contributed by atoms with Gasteiger partial charge in [-0.2, -0.15) is 30.7 Å². The molecule has 0 bridgehead atoms. The Morgan fingerprint density at radius 2 is 1.11 bits per heavy atom. The summed E-state index contributed by atoms with van der Waals surface area (Å²) in [6.07, 6.45) is -7.08. The summed E-state index contributed by atoms with van der Waals surface area (Å²) in [4.78, 5) is 25.8. The summed E-state index contributed by atoms with van der Waals surface area (Å²) in [6, 6.07) is 25.6. The van der Waals surface area contributed by atoms with Crippen LogP contribution in [0, 0.1) is 0 Å². The summed E-state index contributed by atoms with van der Waals surface area (Å²) in [5.74, 6) is -15.9. The highest BCUT2D eigenvalue weighted by Gasteiger charge is 2.75. The molecular weight excluding hydrogens is 640 g/mol. The number of allylic oxidation sites excluding steroid dienone is 1. The normalized spacial score (nSPS) is 13.4. The zero-order valence-corrected chi connectivity index (χ0v) is 25.8. The Kier molecular flexibility index (Phi) is 11.7. The second-order valence-electron chi connectivity index (χ2n) is 9.48. The maximum absolute atomic E-state index is 15.7. The van der Waals surface area contributed by atoms with E-state index in [0.29, 0.717) is 23.0 Å². The molecule has 46 heavy (non-hydrogen) atoms. The standard InChI is InChI=1S/C33H30F7O5P/c1-4-44-27(29(30(42)45-5-2)26(21-28(41)43-3)31(34,35)32(36,37)33(38,39)40)22-46(23-15-9-6-10-16-23,24-17-11-7-12-18-24)25-19-13-8-14-20-25/h6-22H,4-5H2,1-3H3/b26-21-,29-27-. The molecule has 0 heterocycles. The molecule has 0 radical (unpaired) electrons. The Labute approximate surface area is 261 Å². The van der Waals surface area contributed by atoms with Crippen molar-refractivity contribution in [3.63, 3.8) is 0 Å². The molecule has 0 aliphatic heterocycles. The van der Waals surface area contributed by atoms with Gasteiger partial charge in [-0.3, -0.25) is 0 Å². The number of alkyl halides is 7. The number of benzene rings is 3. The fourth-order valence-corrected chi connectivity index (χ4v) is 8.38. The van der Waals surface area contributed by atoms with E-state index in [0.717, 1.165) is 0 Å². The van der Waals surface area contributed by atoms with Gasteiger partial charge in [0.1, 0.15) is 11.3 Å². The monoisotopic (exact) mass is 670 g/mol. The number of carbonyl (C=O) groups excluding carboxylic acids is 2. The molecule has 3 aromatic rings. The molecule has 0 saturated carbocycles. The minimum absolute atomic E-state index is 0.285. The van der Waals surface area contributed by atoms with Crippen molar-refractivity contribution >= 4 is 40.5 Å². The quantitative estimate of drug-likeness (QED) is 0.0545. The molecule has 0 aromatic heterocycles. The predicted molar refractivity (Wildman–Crippen MR) is 163 cm³/mol. The van der Waals surface area contributed by atoms with Crippen LogP contribution in [0.2, 0.25) is 0 Å². The van der Waals surface area contributed by atoms with Gasteiger partial charge in [0.25, 0.3) is 0 Å². The Hall–Kier alpha value is -4.31. The summed E-state index contributed by atoms with van der Waals surface area (Å²) < 4.78 is 116. The van der Waals surface area contributed by atoms with Gasteiger partial charge in [0.15, 0.2) is 0 Å². The lowest BCUT2D eigenvalue weighted by Gasteiger charge is -2.32. The lowest BCUT2D eigenvalue weighted by Crippen LogP contribution is -2.53. The van der Waals surface area contributed by atoms with Crippen LogP contribution in [0.5, 0.6) is 0 Å². The van der Waals surface area contributed by atoms with Gasteiger partial charge in [0.2, 0.25) is 0 Å². The largest absolute Gasteiger partial charge is 0.493 e. The molecule has 0 atom stereocenters. The molecule has 3 rings (SSSR count). The second-order valence-corrected chi connectivity index (χ2v) is 12.7. The molecule has 5 nitrogen and oxygen atoms in total. The van der Waals surface area contributed by atoms with Crippen LogP contribution in [0.1, 0.15) is 13.8 Å². The molecule has 0 fully saturated rings. The lowest BCUT2D eigenvalue weighted by atomic mass is 9.93. The van der Waals surface area contributed by atoms with E-state index >= 15 is 8.78 Å². The molecule has 0 saturated heterocycles. The van der Waals surface area contributed by atoms with Crippen LogP contribution in [0.3, 0.4) is 0 Å². The summed E-state index contributed by atoms with van der Waals surface area (Å²) in [5.41, 5.74) is -3.80. The highest BCUT2D eigenvalue weighted by Crippen LogP contribution is 2.52. The maximum Gasteiger partial charge on any atom is 0.460 e. The number of halogens is 7. The minimum Gasteiger partial charge on any atom is -0.493 e. The molecule has 0 N–H and O–H groups in total. The predicted octanol–water partition coefficient (Wildman–Crippen LogP) is 6.57. The van der Waals surface area contributed by atoms with Crippen molar-refractivity contribution in [3.05, 3.63) is 114 Å². The van der Waals surface area contributed by atoms with Gasteiger partial charge in [0, 0.05) is 6.08 Å². The first-order chi connectivity index (χ1) is 21.7. The van der Waals surface area contributed by atoms with E-state index < -0.39 is 60.4 Å². The zero-order chi connectivity index (χ0) is 34.2. The van der Waals surface area contributed by atoms with E-state index in [2.05, 4.69) is 4.74 Å². The molecule has 3 aromatic carbocycles. The topological polar surface area (TPSA) is 61.8 Å². The van der Waals surface area contributed by atoms with Crippen LogP contribution in [0.25, 0.3) is 0 Å². The summed E-state index contributed by atoms with van der Waals surface area (Å²) in [7, 11) is 0.691. The Bertz CT molecular complexity index is 1510. The first-order valence-corrected chi connectivity index (χ1v) is 15.6. The first-order valence-electron chi connectivity index (χ1n) is 13.8. The van der Waals surface area contributed by atoms with Crippen LogP contribution in [0.15, 0.2) is 114 Å². The minimum atomic E-state index is -6.80. The van der Waals surface area contributed by atoms with E-state index in [-0.39, 0.29) is 12.7 Å². The van der Waals surface area contributed by atoms with Crippen LogP contribution < -0.4 is 15.9 Å². The molecular formula is C33H30F7O5P. The third-order valence-corrected chi connectivity index (χ3v) is 10.6. The fourth-order valence-electron chi connectivity index (χ4n) is 4.56. The average molecular weight is 671 g/mol. The van der Waals surface area contributed by atoms with Gasteiger partial charge in [0.05, 0.1) is 25.9 Å². The molecule has 0 aliphatic rings. The number of ether oxygens (including phenoxy) is 3. The van der Waals surface area contributed by atoms with Crippen LogP contribution in [-0.4, -0.2) is 56.1 Å². The lowest BCUT2D eigenvalue weighted by molar-refractivity contribution is -0.344. The second kappa shape index (κ2) is 14.9. The number of rotatable bonds is 12. The molecule has 246 valence electrons. The number of esters is 2. The van der Waals surface area contributed by atoms with Crippen molar-refractivity contribution in [1.82, 2.24) is 0 Å². The van der Waals surface area contributed by atoms with Crippen molar-refractivity contribution in [2.45, 2.75) is 31.9 Å². The molecule has 0 unspecified atom stereocenters. The molecule has 13 heteroatoms. The number of hydrogen-bond acceptors (Lipinski definition) is 5. The van der Waals surface area contributed by atoms with Gasteiger partial charge in [-0.05, 0) is 42.4 Å². The van der Waals surface area contributed by atoms with Gasteiger partial charge in [-0.25, -0.2) is 9.59 Å². The maximum atomic E-state index is 15.7. The number of hydrogen-bond donors (Lipinski definition) is 0. The van der Waals surface area contributed by atoms with E-state index in [9.17, 15) is 31.5 Å². The summed E-state index contributed by atoms with van der Waals surface area (Å²) >= 11 is 0. The van der Waals surface area contributed by atoms with Crippen LogP contribution >= 0.6 is 6.89 Å². The molecule has 0 spiro atoms. The Morgan fingerprint density at radius 3 is 1.46 bits per heavy atom. The Morgan fingerprint density at radius 1 is 0.696 bits per heavy atom. The van der Waals surface area contributed by atoms with Crippen molar-refractivity contribution in [2.24, 2.45) is 0 Å². The van der Waals surface area contributed by atoms with E-state index in [1.807, 2.05) is 0 Å². The van der Waals surface area contributed by atoms with Gasteiger partial charge in [-0.1, -0.05) is 91.0 Å². The fraction of sp³-hybridized carbons (Fsp3) is 0.242. The van der Waals surface area contributed by atoms with Crippen LogP contribution in [-0.2, 0) is 23.8 Å². The average Bonchev–Trinajstić information content (AvgIpc) is 3.03.